The molecule has 0 spiro atoms. The highest BCUT2D eigenvalue weighted by Crippen LogP contribution is 2.30. The largest absolute Gasteiger partial charge is 0.475 e. The Bertz CT molecular complexity index is 1080. The Kier molecular flexibility index (Phi) is 5.07. The molecule has 0 aliphatic rings. The van der Waals surface area contributed by atoms with Crippen molar-refractivity contribution in [3.63, 3.8) is 0 Å². The maximum absolute atomic E-state index is 13.1. The number of carbonyl (C=O) groups excluding carboxylic acids is 1. The van der Waals surface area contributed by atoms with Gasteiger partial charge in [0.25, 0.3) is 5.91 Å². The number of benzene rings is 4. The number of hydrogen-bond donors (Lipinski definition) is 1. The van der Waals surface area contributed by atoms with Crippen LogP contribution in [0.2, 0.25) is 0 Å². The van der Waals surface area contributed by atoms with E-state index in [1.54, 1.807) is 0 Å². The number of carbonyl (C=O) groups is 1. The molecule has 1 atom stereocenters. The molecule has 1 N–H and O–H groups in total. The van der Waals surface area contributed by atoms with E-state index in [0.29, 0.717) is 5.75 Å². The van der Waals surface area contributed by atoms with Crippen molar-refractivity contribution in [1.29, 1.82) is 0 Å². The van der Waals surface area contributed by atoms with Gasteiger partial charge in [-0.1, -0.05) is 84.4 Å². The van der Waals surface area contributed by atoms with Gasteiger partial charge in [-0.15, -0.1) is 0 Å². The molecule has 0 saturated heterocycles. The third-order valence-corrected chi connectivity index (χ3v) is 4.65. The Morgan fingerprint density at radius 2 is 1.46 bits per heavy atom. The second-order valence-electron chi connectivity index (χ2n) is 6.74. The van der Waals surface area contributed by atoms with Gasteiger partial charge in [-0.3, -0.25) is 4.79 Å². The maximum atomic E-state index is 13.1. The molecule has 3 heteroatoms. The third-order valence-electron chi connectivity index (χ3n) is 4.65. The van der Waals surface area contributed by atoms with Crippen molar-refractivity contribution in [3.8, 4) is 5.75 Å². The van der Waals surface area contributed by atoms with Crippen molar-refractivity contribution in [3.05, 3.63) is 108 Å². The summed E-state index contributed by atoms with van der Waals surface area (Å²) in [4.78, 5) is 13.1. The summed E-state index contributed by atoms with van der Waals surface area (Å²) in [6.45, 7) is 2.02. The summed E-state index contributed by atoms with van der Waals surface area (Å²) in [5.41, 5.74) is 2.70. The average Bonchev–Trinajstić information content (AvgIpc) is 2.74. The van der Waals surface area contributed by atoms with Gasteiger partial charge in [-0.2, -0.15) is 0 Å². The minimum atomic E-state index is -0.756. The van der Waals surface area contributed by atoms with E-state index in [-0.39, 0.29) is 5.91 Å². The number of rotatable bonds is 5. The number of fused-ring (bicyclic) bond motifs is 1. The first kappa shape index (κ1) is 17.8. The fourth-order valence-electron chi connectivity index (χ4n) is 3.17. The lowest BCUT2D eigenvalue weighted by Gasteiger charge is -2.20. The zero-order chi connectivity index (χ0) is 19.3. The van der Waals surface area contributed by atoms with Crippen LogP contribution in [0.1, 0.15) is 17.2 Å². The van der Waals surface area contributed by atoms with Crippen molar-refractivity contribution in [2.24, 2.45) is 0 Å². The minimum absolute atomic E-state index is 0.206. The Hall–Kier alpha value is -3.59. The summed E-state index contributed by atoms with van der Waals surface area (Å²) < 4.78 is 6.26. The molecule has 0 aromatic heterocycles. The Morgan fingerprint density at radius 3 is 2.25 bits per heavy atom. The Labute approximate surface area is 164 Å². The first-order chi connectivity index (χ1) is 13.7. The van der Waals surface area contributed by atoms with Crippen molar-refractivity contribution >= 4 is 22.4 Å². The number of nitrogens with one attached hydrogen (secondary N) is 1. The van der Waals surface area contributed by atoms with E-state index >= 15 is 0 Å². The van der Waals surface area contributed by atoms with Crippen LogP contribution in [0.5, 0.6) is 5.75 Å². The van der Waals surface area contributed by atoms with Crippen molar-refractivity contribution in [1.82, 2.24) is 0 Å². The van der Waals surface area contributed by atoms with Gasteiger partial charge in [0.05, 0.1) is 0 Å². The Balaban J connectivity index is 1.67. The number of aryl methyl sites for hydroxylation is 1. The highest BCUT2D eigenvalue weighted by atomic mass is 16.5. The van der Waals surface area contributed by atoms with E-state index in [9.17, 15) is 4.79 Å². The summed E-state index contributed by atoms with van der Waals surface area (Å²) in [5, 5.41) is 5.03. The lowest BCUT2D eigenvalue weighted by molar-refractivity contribution is -0.123. The lowest BCUT2D eigenvalue weighted by Crippen LogP contribution is -2.25. The first-order valence-electron chi connectivity index (χ1n) is 9.27. The Morgan fingerprint density at radius 1 is 0.786 bits per heavy atom. The number of anilines is 1. The molecule has 3 nitrogen and oxygen atoms in total. The monoisotopic (exact) mass is 367 g/mol. The van der Waals surface area contributed by atoms with Crippen molar-refractivity contribution in [2.75, 3.05) is 5.32 Å². The molecule has 4 aromatic carbocycles. The van der Waals surface area contributed by atoms with Crippen LogP contribution >= 0.6 is 0 Å². The van der Waals surface area contributed by atoms with Gasteiger partial charge in [-0.05, 0) is 30.5 Å². The van der Waals surface area contributed by atoms with E-state index in [1.165, 1.54) is 0 Å². The van der Waals surface area contributed by atoms with E-state index in [2.05, 4.69) is 5.32 Å². The highest BCUT2D eigenvalue weighted by molar-refractivity contribution is 5.96. The summed E-state index contributed by atoms with van der Waals surface area (Å²) in [7, 11) is 0. The number of hydrogen-bond acceptors (Lipinski definition) is 2. The van der Waals surface area contributed by atoms with Crippen LogP contribution in [0.3, 0.4) is 0 Å². The fourth-order valence-corrected chi connectivity index (χ4v) is 3.17. The molecule has 28 heavy (non-hydrogen) atoms. The van der Waals surface area contributed by atoms with Crippen LogP contribution in [0.4, 0.5) is 5.69 Å². The number of ether oxygens (including phenoxy) is 1. The molecule has 0 heterocycles. The molecule has 1 amide bonds. The molecule has 0 radical (unpaired) electrons. The summed E-state index contributed by atoms with van der Waals surface area (Å²) in [6, 6.07) is 31.2. The van der Waals surface area contributed by atoms with E-state index < -0.39 is 6.10 Å². The molecule has 0 bridgehead atoms. The van der Waals surface area contributed by atoms with Crippen LogP contribution in [0, 0.1) is 6.92 Å². The van der Waals surface area contributed by atoms with Gasteiger partial charge in [0.15, 0.2) is 0 Å². The van der Waals surface area contributed by atoms with Crippen LogP contribution in [0.15, 0.2) is 97.1 Å². The van der Waals surface area contributed by atoms with Gasteiger partial charge < -0.3 is 10.1 Å². The molecule has 0 saturated carbocycles. The van der Waals surface area contributed by atoms with Crippen LogP contribution < -0.4 is 10.1 Å². The maximum Gasteiger partial charge on any atom is 0.270 e. The summed E-state index contributed by atoms with van der Waals surface area (Å²) >= 11 is 0. The second-order valence-corrected chi connectivity index (χ2v) is 6.74. The van der Waals surface area contributed by atoms with E-state index in [0.717, 1.165) is 27.6 Å². The quantitative estimate of drug-likeness (QED) is 0.476. The lowest BCUT2D eigenvalue weighted by atomic mass is 10.1. The summed E-state index contributed by atoms with van der Waals surface area (Å²) in [6.07, 6.45) is -0.756. The van der Waals surface area contributed by atoms with Crippen molar-refractivity contribution in [2.45, 2.75) is 13.0 Å². The van der Waals surface area contributed by atoms with E-state index in [1.807, 2.05) is 104 Å². The fraction of sp³-hybridized carbons (Fsp3) is 0.0800. The standard InChI is InChI=1S/C25H21NO2/c1-18-14-16-21(17-15-18)26-25(27)24(20-9-3-2-4-10-20)28-23-13-7-11-19-8-5-6-12-22(19)23/h2-17,24H,1H3,(H,26,27). The molecular weight excluding hydrogens is 346 g/mol. The van der Waals surface area contributed by atoms with Crippen LogP contribution in [-0.2, 0) is 4.79 Å². The predicted octanol–water partition coefficient (Wildman–Crippen LogP) is 5.91. The minimum Gasteiger partial charge on any atom is -0.475 e. The van der Waals surface area contributed by atoms with Crippen LogP contribution in [-0.4, -0.2) is 5.91 Å². The molecule has 4 aromatic rings. The second kappa shape index (κ2) is 7.97. The first-order valence-corrected chi connectivity index (χ1v) is 9.27. The van der Waals surface area contributed by atoms with Gasteiger partial charge in [0.1, 0.15) is 5.75 Å². The molecule has 138 valence electrons. The molecule has 4 rings (SSSR count). The molecule has 0 aliphatic heterocycles. The van der Waals surface area contributed by atoms with Gasteiger partial charge in [0.2, 0.25) is 6.10 Å². The molecule has 0 aliphatic carbocycles. The SMILES string of the molecule is Cc1ccc(NC(=O)C(Oc2cccc3ccccc23)c2ccccc2)cc1. The molecule has 1 unspecified atom stereocenters. The molecular formula is C25H21NO2. The van der Waals surface area contributed by atoms with E-state index in [4.69, 9.17) is 4.74 Å². The zero-order valence-electron chi connectivity index (χ0n) is 15.6. The smallest absolute Gasteiger partial charge is 0.270 e. The molecule has 0 fully saturated rings. The number of amides is 1. The van der Waals surface area contributed by atoms with Crippen LogP contribution in [0.25, 0.3) is 10.8 Å². The van der Waals surface area contributed by atoms with Gasteiger partial charge in [0, 0.05) is 16.6 Å². The topological polar surface area (TPSA) is 38.3 Å². The summed E-state index contributed by atoms with van der Waals surface area (Å²) in [5.74, 6) is 0.481. The predicted molar refractivity (Wildman–Crippen MR) is 114 cm³/mol. The third kappa shape index (κ3) is 3.89. The van der Waals surface area contributed by atoms with Gasteiger partial charge >= 0.3 is 0 Å². The zero-order valence-corrected chi connectivity index (χ0v) is 15.6. The normalized spacial score (nSPS) is 11.8. The highest BCUT2D eigenvalue weighted by Gasteiger charge is 2.23. The average molecular weight is 367 g/mol. The van der Waals surface area contributed by atoms with Crippen molar-refractivity contribution < 1.29 is 9.53 Å². The van der Waals surface area contributed by atoms with Gasteiger partial charge in [-0.25, -0.2) is 0 Å².